The molecule has 0 unspecified atom stereocenters. The van der Waals surface area contributed by atoms with E-state index in [1.165, 1.54) is 0 Å². The van der Waals surface area contributed by atoms with Gasteiger partial charge in [-0.05, 0) is 51.9 Å². The number of likely N-dealkylation sites (N-methyl/N-ethyl adjacent to an activating group) is 1. The summed E-state index contributed by atoms with van der Waals surface area (Å²) in [5.74, 6) is 0.114. The number of ether oxygens (including phenoxy) is 1. The van der Waals surface area contributed by atoms with E-state index in [1.54, 1.807) is 6.20 Å². The maximum atomic E-state index is 13.1. The molecule has 144 valence electrons. The molecule has 2 aliphatic rings. The molecule has 2 aliphatic heterocycles. The number of carbonyl (C=O) groups excluding carboxylic acids is 1. The van der Waals surface area contributed by atoms with Crippen LogP contribution in [0.25, 0.3) is 0 Å². The third-order valence-electron chi connectivity index (χ3n) is 5.52. The van der Waals surface area contributed by atoms with Gasteiger partial charge in [-0.1, -0.05) is 0 Å². The fourth-order valence-electron chi connectivity index (χ4n) is 3.74. The Morgan fingerprint density at radius 1 is 1.23 bits per heavy atom. The highest BCUT2D eigenvalue weighted by molar-refractivity contribution is 5.94. The maximum Gasteiger partial charge on any atom is 0.255 e. The van der Waals surface area contributed by atoms with Gasteiger partial charge >= 0.3 is 0 Å². The molecule has 0 N–H and O–H groups in total. The van der Waals surface area contributed by atoms with Gasteiger partial charge in [0, 0.05) is 63.9 Å². The van der Waals surface area contributed by atoms with Gasteiger partial charge in [-0.2, -0.15) is 0 Å². The summed E-state index contributed by atoms with van der Waals surface area (Å²) in [6, 6.07) is 4.10. The average Bonchev–Trinajstić information content (AvgIpc) is 2.67. The molecule has 0 radical (unpaired) electrons. The molecule has 3 rings (SSSR count). The summed E-state index contributed by atoms with van der Waals surface area (Å²) in [5, 5.41) is 0. The van der Waals surface area contributed by atoms with Gasteiger partial charge in [0.1, 0.15) is 0 Å². The Bertz CT molecular complexity index is 564. The first-order valence-corrected chi connectivity index (χ1v) is 9.86. The van der Waals surface area contributed by atoms with Crippen LogP contribution in [0, 0.1) is 6.92 Å². The maximum absolute atomic E-state index is 13.1. The second-order valence-corrected chi connectivity index (χ2v) is 7.53. The standard InChI is InChI=1S/C20H32N4O2/c1-17-4-5-18(16-21-17)20(25)24(19-6-14-26-15-7-19)9-3-8-23-12-10-22(2)11-13-23/h4-5,16,19H,3,6-15H2,1-2H3. The van der Waals surface area contributed by atoms with Crippen LogP contribution < -0.4 is 0 Å². The lowest BCUT2D eigenvalue weighted by atomic mass is 10.1. The average molecular weight is 361 g/mol. The molecular weight excluding hydrogens is 328 g/mol. The largest absolute Gasteiger partial charge is 0.381 e. The summed E-state index contributed by atoms with van der Waals surface area (Å²) in [6.07, 6.45) is 4.59. The summed E-state index contributed by atoms with van der Waals surface area (Å²) in [7, 11) is 2.18. The predicted molar refractivity (Wildman–Crippen MR) is 102 cm³/mol. The highest BCUT2D eigenvalue weighted by Gasteiger charge is 2.27. The van der Waals surface area contributed by atoms with E-state index >= 15 is 0 Å². The number of aromatic nitrogens is 1. The van der Waals surface area contributed by atoms with Crippen LogP contribution in [0.1, 0.15) is 35.3 Å². The van der Waals surface area contributed by atoms with Crippen LogP contribution in [0.15, 0.2) is 18.3 Å². The molecule has 1 aromatic heterocycles. The van der Waals surface area contributed by atoms with Gasteiger partial charge in [-0.15, -0.1) is 0 Å². The summed E-state index contributed by atoms with van der Waals surface area (Å²) >= 11 is 0. The molecule has 0 aliphatic carbocycles. The molecule has 6 nitrogen and oxygen atoms in total. The Morgan fingerprint density at radius 2 is 1.96 bits per heavy atom. The van der Waals surface area contributed by atoms with E-state index in [1.807, 2.05) is 19.1 Å². The van der Waals surface area contributed by atoms with E-state index in [9.17, 15) is 4.79 Å². The quantitative estimate of drug-likeness (QED) is 0.772. The fraction of sp³-hybridized carbons (Fsp3) is 0.700. The van der Waals surface area contributed by atoms with E-state index in [2.05, 4.69) is 26.7 Å². The van der Waals surface area contributed by atoms with Gasteiger partial charge in [0.15, 0.2) is 0 Å². The zero-order chi connectivity index (χ0) is 18.4. The van der Waals surface area contributed by atoms with E-state index in [4.69, 9.17) is 4.74 Å². The number of piperazine rings is 1. The molecule has 0 aromatic carbocycles. The van der Waals surface area contributed by atoms with Crippen LogP contribution in [0.5, 0.6) is 0 Å². The molecule has 0 saturated carbocycles. The van der Waals surface area contributed by atoms with E-state index in [0.29, 0.717) is 5.56 Å². The molecule has 2 saturated heterocycles. The van der Waals surface area contributed by atoms with Crippen LogP contribution in [0.4, 0.5) is 0 Å². The SMILES string of the molecule is Cc1ccc(C(=O)N(CCCN2CCN(C)CC2)C2CCOCC2)cn1. The van der Waals surface area contributed by atoms with Crippen molar-refractivity contribution in [1.82, 2.24) is 19.7 Å². The summed E-state index contributed by atoms with van der Waals surface area (Å²) in [6.45, 7) is 9.85. The second-order valence-electron chi connectivity index (χ2n) is 7.53. The van der Waals surface area contributed by atoms with Crippen LogP contribution in [-0.2, 0) is 4.74 Å². The number of carbonyl (C=O) groups is 1. The van der Waals surface area contributed by atoms with Crippen molar-refractivity contribution >= 4 is 5.91 Å². The third-order valence-corrected chi connectivity index (χ3v) is 5.52. The van der Waals surface area contributed by atoms with Crippen molar-refractivity contribution in [2.45, 2.75) is 32.2 Å². The third kappa shape index (κ3) is 5.25. The summed E-state index contributed by atoms with van der Waals surface area (Å²) in [4.78, 5) is 24.4. The second kappa shape index (κ2) is 9.44. The van der Waals surface area contributed by atoms with Crippen molar-refractivity contribution in [3.63, 3.8) is 0 Å². The Kier molecular flexibility index (Phi) is 7.00. The number of rotatable bonds is 6. The Hall–Kier alpha value is -1.50. The smallest absolute Gasteiger partial charge is 0.255 e. The first kappa shape index (κ1) is 19.3. The van der Waals surface area contributed by atoms with Crippen LogP contribution >= 0.6 is 0 Å². The molecule has 1 amide bonds. The van der Waals surface area contributed by atoms with Gasteiger partial charge in [-0.3, -0.25) is 9.78 Å². The fourth-order valence-corrected chi connectivity index (χ4v) is 3.74. The lowest BCUT2D eigenvalue weighted by Crippen LogP contribution is -2.47. The highest BCUT2D eigenvalue weighted by Crippen LogP contribution is 2.18. The lowest BCUT2D eigenvalue weighted by molar-refractivity contribution is 0.0276. The van der Waals surface area contributed by atoms with E-state index in [0.717, 1.165) is 77.4 Å². The van der Waals surface area contributed by atoms with Crippen molar-refractivity contribution in [2.24, 2.45) is 0 Å². The first-order chi connectivity index (χ1) is 12.6. The van der Waals surface area contributed by atoms with Crippen molar-refractivity contribution < 1.29 is 9.53 Å². The molecular formula is C20H32N4O2. The molecule has 3 heterocycles. The van der Waals surface area contributed by atoms with Crippen LogP contribution in [0.2, 0.25) is 0 Å². The number of hydrogen-bond acceptors (Lipinski definition) is 5. The molecule has 6 heteroatoms. The molecule has 0 atom stereocenters. The minimum absolute atomic E-state index is 0.114. The van der Waals surface area contributed by atoms with Crippen LogP contribution in [-0.4, -0.2) is 91.2 Å². The number of amides is 1. The normalized spacial score (nSPS) is 20.2. The predicted octanol–water partition coefficient (Wildman–Crippen LogP) is 1.65. The zero-order valence-corrected chi connectivity index (χ0v) is 16.2. The minimum atomic E-state index is 0.114. The van der Waals surface area contributed by atoms with E-state index in [-0.39, 0.29) is 11.9 Å². The lowest BCUT2D eigenvalue weighted by Gasteiger charge is -2.36. The van der Waals surface area contributed by atoms with Crippen molar-refractivity contribution in [3.05, 3.63) is 29.6 Å². The molecule has 2 fully saturated rings. The molecule has 1 aromatic rings. The van der Waals surface area contributed by atoms with Crippen molar-refractivity contribution in [3.8, 4) is 0 Å². The highest BCUT2D eigenvalue weighted by atomic mass is 16.5. The van der Waals surface area contributed by atoms with Gasteiger partial charge in [-0.25, -0.2) is 0 Å². The number of hydrogen-bond donors (Lipinski definition) is 0. The monoisotopic (exact) mass is 360 g/mol. The Morgan fingerprint density at radius 3 is 2.62 bits per heavy atom. The topological polar surface area (TPSA) is 48.9 Å². The van der Waals surface area contributed by atoms with Crippen LogP contribution in [0.3, 0.4) is 0 Å². The minimum Gasteiger partial charge on any atom is -0.381 e. The van der Waals surface area contributed by atoms with Gasteiger partial charge in [0.2, 0.25) is 0 Å². The molecule has 0 bridgehead atoms. The van der Waals surface area contributed by atoms with Crippen molar-refractivity contribution in [2.75, 3.05) is 59.5 Å². The van der Waals surface area contributed by atoms with Crippen molar-refractivity contribution in [1.29, 1.82) is 0 Å². The molecule has 26 heavy (non-hydrogen) atoms. The number of pyridine rings is 1. The number of nitrogens with zero attached hydrogens (tertiary/aromatic N) is 4. The summed E-state index contributed by atoms with van der Waals surface area (Å²) in [5.41, 5.74) is 1.64. The zero-order valence-electron chi connectivity index (χ0n) is 16.2. The number of aryl methyl sites for hydroxylation is 1. The van der Waals surface area contributed by atoms with Gasteiger partial charge in [0.25, 0.3) is 5.91 Å². The Balaban J connectivity index is 1.59. The van der Waals surface area contributed by atoms with E-state index < -0.39 is 0 Å². The van der Waals surface area contributed by atoms with Gasteiger partial charge < -0.3 is 19.4 Å². The summed E-state index contributed by atoms with van der Waals surface area (Å²) < 4.78 is 5.50. The van der Waals surface area contributed by atoms with Gasteiger partial charge in [0.05, 0.1) is 5.56 Å². The molecule has 0 spiro atoms. The Labute approximate surface area is 157 Å². The first-order valence-electron chi connectivity index (χ1n) is 9.86.